The first kappa shape index (κ1) is 22.9. The Morgan fingerprint density at radius 1 is 0.788 bits per heavy atom. The molecule has 0 saturated carbocycles. The molecule has 33 heavy (non-hydrogen) atoms. The molecule has 0 unspecified atom stereocenters. The van der Waals surface area contributed by atoms with Crippen LogP contribution in [0.15, 0.2) is 87.3 Å². The highest BCUT2D eigenvalue weighted by molar-refractivity contribution is 9.11. The Kier molecular flexibility index (Phi) is 6.76. The van der Waals surface area contributed by atoms with Crippen LogP contribution in [0.5, 0.6) is 5.75 Å². The number of amides is 4. The summed E-state index contributed by atoms with van der Waals surface area (Å²) in [6, 6.07) is 19.8. The fraction of sp³-hybridized carbons (Fsp3) is 0.0800. The lowest BCUT2D eigenvalue weighted by atomic mass is 10.0. The molecule has 166 valence electrons. The van der Waals surface area contributed by atoms with Crippen LogP contribution in [0.2, 0.25) is 0 Å². The predicted octanol–water partition coefficient (Wildman–Crippen LogP) is 6.19. The summed E-state index contributed by atoms with van der Waals surface area (Å²) >= 11 is 6.94. The van der Waals surface area contributed by atoms with E-state index in [2.05, 4.69) is 31.9 Å². The molecule has 8 heteroatoms. The molecule has 0 bridgehead atoms. The number of anilines is 2. The van der Waals surface area contributed by atoms with Crippen molar-refractivity contribution >= 4 is 67.2 Å². The van der Waals surface area contributed by atoms with Gasteiger partial charge in [-0.25, -0.2) is 14.6 Å². The number of para-hydroxylation sites is 2. The van der Waals surface area contributed by atoms with Gasteiger partial charge >= 0.3 is 6.03 Å². The first-order chi connectivity index (χ1) is 15.9. The molecule has 1 aliphatic rings. The molecule has 0 radical (unpaired) electrons. The molecule has 0 spiro atoms. The fourth-order valence-corrected chi connectivity index (χ4v) is 4.90. The number of urea groups is 1. The van der Waals surface area contributed by atoms with E-state index in [-0.39, 0.29) is 5.57 Å². The van der Waals surface area contributed by atoms with E-state index in [0.717, 1.165) is 9.80 Å². The molecule has 0 aliphatic carbocycles. The zero-order chi connectivity index (χ0) is 23.5. The highest BCUT2D eigenvalue weighted by Crippen LogP contribution is 2.36. The molecule has 0 N–H and O–H groups in total. The highest BCUT2D eigenvalue weighted by Gasteiger charge is 2.43. The van der Waals surface area contributed by atoms with Crippen molar-refractivity contribution in [3.8, 4) is 5.75 Å². The maximum absolute atomic E-state index is 13.4. The Morgan fingerprint density at radius 2 is 1.24 bits per heavy atom. The van der Waals surface area contributed by atoms with Crippen LogP contribution in [0.25, 0.3) is 6.08 Å². The second-order valence-corrected chi connectivity index (χ2v) is 8.75. The molecule has 4 amide bonds. The molecule has 0 aromatic heterocycles. The van der Waals surface area contributed by atoms with E-state index in [1.54, 1.807) is 72.8 Å². The number of carbonyl (C=O) groups is 3. The van der Waals surface area contributed by atoms with E-state index >= 15 is 0 Å². The summed E-state index contributed by atoms with van der Waals surface area (Å²) in [4.78, 5) is 42.2. The van der Waals surface area contributed by atoms with E-state index in [0.29, 0.717) is 38.2 Å². The number of barbiturate groups is 1. The van der Waals surface area contributed by atoms with Gasteiger partial charge in [-0.1, -0.05) is 36.4 Å². The Morgan fingerprint density at radius 3 is 1.67 bits per heavy atom. The summed E-state index contributed by atoms with van der Waals surface area (Å²) in [6.07, 6.45) is 1.48. The zero-order valence-corrected chi connectivity index (χ0v) is 20.7. The molecule has 3 aromatic rings. The Bertz CT molecular complexity index is 1170. The van der Waals surface area contributed by atoms with Gasteiger partial charge in [0.15, 0.2) is 0 Å². The molecule has 1 fully saturated rings. The van der Waals surface area contributed by atoms with Gasteiger partial charge in [0.05, 0.1) is 26.9 Å². The van der Waals surface area contributed by atoms with Crippen molar-refractivity contribution in [2.45, 2.75) is 6.92 Å². The molecule has 1 heterocycles. The molecular weight excluding hydrogens is 552 g/mol. The number of nitrogens with zero attached hydrogens (tertiary/aromatic N) is 2. The summed E-state index contributed by atoms with van der Waals surface area (Å²) in [5.41, 5.74) is 1.20. The van der Waals surface area contributed by atoms with Crippen molar-refractivity contribution in [1.29, 1.82) is 0 Å². The topological polar surface area (TPSA) is 66.9 Å². The quantitative estimate of drug-likeness (QED) is 0.271. The van der Waals surface area contributed by atoms with E-state index < -0.39 is 17.8 Å². The van der Waals surface area contributed by atoms with E-state index in [1.807, 2.05) is 6.92 Å². The molecular formula is C25H18Br2N2O4. The highest BCUT2D eigenvalue weighted by atomic mass is 79.9. The minimum Gasteiger partial charge on any atom is -0.492 e. The van der Waals surface area contributed by atoms with Crippen LogP contribution in [-0.2, 0) is 9.59 Å². The lowest BCUT2D eigenvalue weighted by Crippen LogP contribution is -2.57. The molecule has 0 atom stereocenters. The Hall–Kier alpha value is -3.23. The monoisotopic (exact) mass is 568 g/mol. The number of carbonyl (C=O) groups excluding carboxylic acids is 3. The molecule has 6 nitrogen and oxygen atoms in total. The summed E-state index contributed by atoms with van der Waals surface area (Å²) in [5, 5.41) is 0. The first-order valence-corrected chi connectivity index (χ1v) is 11.7. The smallest absolute Gasteiger partial charge is 0.343 e. The third-order valence-corrected chi connectivity index (χ3v) is 6.08. The van der Waals surface area contributed by atoms with Crippen LogP contribution in [0.4, 0.5) is 16.2 Å². The van der Waals surface area contributed by atoms with Crippen LogP contribution in [0, 0.1) is 0 Å². The number of rotatable bonds is 5. The summed E-state index contributed by atoms with van der Waals surface area (Å²) in [7, 11) is 0. The maximum Gasteiger partial charge on any atom is 0.343 e. The van der Waals surface area contributed by atoms with Gasteiger partial charge in [0.1, 0.15) is 11.3 Å². The number of halogens is 2. The number of benzene rings is 3. The van der Waals surface area contributed by atoms with Crippen LogP contribution in [0.3, 0.4) is 0 Å². The van der Waals surface area contributed by atoms with Gasteiger partial charge in [-0.05, 0) is 86.8 Å². The molecule has 4 rings (SSSR count). The second-order valence-electron chi connectivity index (χ2n) is 7.04. The second kappa shape index (κ2) is 9.72. The van der Waals surface area contributed by atoms with Crippen LogP contribution in [-0.4, -0.2) is 24.5 Å². The molecule has 3 aromatic carbocycles. The van der Waals surface area contributed by atoms with Gasteiger partial charge < -0.3 is 4.74 Å². The minimum atomic E-state index is -0.728. The zero-order valence-electron chi connectivity index (χ0n) is 17.5. The van der Waals surface area contributed by atoms with Crippen molar-refractivity contribution in [2.24, 2.45) is 0 Å². The minimum absolute atomic E-state index is 0.134. The SMILES string of the molecule is CCOc1c(Br)cc(C=C2C(=O)N(c3ccccc3)C(=O)N(c3ccccc3)C2=O)cc1Br. The average molecular weight is 570 g/mol. The summed E-state index contributed by atoms with van der Waals surface area (Å²) in [6.45, 7) is 2.36. The van der Waals surface area contributed by atoms with Crippen LogP contribution < -0.4 is 14.5 Å². The molecule has 1 aliphatic heterocycles. The lowest BCUT2D eigenvalue weighted by molar-refractivity contribution is -0.121. The number of hydrogen-bond acceptors (Lipinski definition) is 4. The largest absolute Gasteiger partial charge is 0.492 e. The lowest BCUT2D eigenvalue weighted by Gasteiger charge is -2.33. The number of ether oxygens (including phenoxy) is 1. The van der Waals surface area contributed by atoms with E-state index in [1.165, 1.54) is 6.08 Å². The van der Waals surface area contributed by atoms with Crippen molar-refractivity contribution in [2.75, 3.05) is 16.4 Å². The number of imide groups is 2. The molecule has 1 saturated heterocycles. The first-order valence-electron chi connectivity index (χ1n) is 10.1. The van der Waals surface area contributed by atoms with Gasteiger partial charge in [-0.3, -0.25) is 9.59 Å². The standard InChI is InChI=1S/C25H18Br2N2O4/c1-2-33-22-20(26)14-16(15-21(22)27)13-19-23(30)28(17-9-5-3-6-10-17)25(32)29(24(19)31)18-11-7-4-8-12-18/h3-15H,2H2,1H3. The summed E-state index contributed by atoms with van der Waals surface area (Å²) in [5.74, 6) is -0.762. The fourth-order valence-electron chi connectivity index (χ4n) is 3.45. The van der Waals surface area contributed by atoms with Crippen molar-refractivity contribution in [3.05, 3.63) is 92.9 Å². The van der Waals surface area contributed by atoms with Crippen molar-refractivity contribution in [3.63, 3.8) is 0 Å². The van der Waals surface area contributed by atoms with E-state index in [4.69, 9.17) is 4.74 Å². The van der Waals surface area contributed by atoms with Gasteiger partial charge in [0.2, 0.25) is 0 Å². The van der Waals surface area contributed by atoms with Gasteiger partial charge in [-0.15, -0.1) is 0 Å². The predicted molar refractivity (Wildman–Crippen MR) is 134 cm³/mol. The van der Waals surface area contributed by atoms with Gasteiger partial charge in [0.25, 0.3) is 11.8 Å². The number of hydrogen-bond donors (Lipinski definition) is 0. The van der Waals surface area contributed by atoms with Gasteiger partial charge in [-0.2, -0.15) is 0 Å². The Balaban J connectivity index is 1.85. The van der Waals surface area contributed by atoms with Crippen LogP contribution >= 0.6 is 31.9 Å². The normalized spacial score (nSPS) is 14.0. The van der Waals surface area contributed by atoms with Crippen LogP contribution in [0.1, 0.15) is 12.5 Å². The maximum atomic E-state index is 13.4. The summed E-state index contributed by atoms with van der Waals surface area (Å²) < 4.78 is 6.94. The average Bonchev–Trinajstić information content (AvgIpc) is 2.81. The van der Waals surface area contributed by atoms with Gasteiger partial charge in [0, 0.05) is 0 Å². The Labute approximate surface area is 207 Å². The third kappa shape index (κ3) is 4.49. The van der Waals surface area contributed by atoms with Crippen molar-refractivity contribution < 1.29 is 19.1 Å². The van der Waals surface area contributed by atoms with Crippen molar-refractivity contribution in [1.82, 2.24) is 0 Å². The van der Waals surface area contributed by atoms with E-state index in [9.17, 15) is 14.4 Å². The third-order valence-electron chi connectivity index (χ3n) is 4.90.